The maximum Gasteiger partial charge on any atom is 0.225 e. The molecule has 6 heteroatoms. The van der Waals surface area contributed by atoms with E-state index in [1.54, 1.807) is 0 Å². The van der Waals surface area contributed by atoms with Crippen molar-refractivity contribution in [2.45, 2.75) is 19.4 Å². The van der Waals surface area contributed by atoms with E-state index in [0.29, 0.717) is 44.0 Å². The van der Waals surface area contributed by atoms with Gasteiger partial charge in [0.05, 0.1) is 17.5 Å². The van der Waals surface area contributed by atoms with Crippen LogP contribution in [0.4, 0.5) is 5.82 Å². The summed E-state index contributed by atoms with van der Waals surface area (Å²) in [5.41, 5.74) is 6.54. The number of hydrogen-bond donors (Lipinski definition) is 3. The molecule has 1 saturated heterocycles. The number of primary amides is 1. The number of carbonyl (C=O) groups is 1. The molecule has 122 valence electrons. The van der Waals surface area contributed by atoms with Crippen LogP contribution in [0.3, 0.4) is 0 Å². The van der Waals surface area contributed by atoms with E-state index in [1.807, 2.05) is 30.3 Å². The second kappa shape index (κ2) is 6.52. The molecule has 1 amide bonds. The number of rotatable bonds is 5. The van der Waals surface area contributed by atoms with Crippen LogP contribution in [0.5, 0.6) is 0 Å². The van der Waals surface area contributed by atoms with Crippen LogP contribution < -0.4 is 11.1 Å². The molecule has 0 radical (unpaired) electrons. The van der Waals surface area contributed by atoms with Gasteiger partial charge in [0, 0.05) is 30.7 Å². The minimum Gasteiger partial charge on any atom is -0.392 e. The zero-order valence-corrected chi connectivity index (χ0v) is 12.9. The summed E-state index contributed by atoms with van der Waals surface area (Å²) in [7, 11) is 0. The van der Waals surface area contributed by atoms with Crippen molar-refractivity contribution in [3.8, 4) is 0 Å². The SMILES string of the molecule is NC(=O)C1(CNc2nc3ccccc3cc2CO)CCOCC1. The van der Waals surface area contributed by atoms with Gasteiger partial charge in [-0.25, -0.2) is 4.98 Å². The Bertz CT molecular complexity index is 711. The molecule has 3 rings (SSSR count). The van der Waals surface area contributed by atoms with E-state index in [0.717, 1.165) is 10.9 Å². The Balaban J connectivity index is 1.86. The molecule has 0 unspecified atom stereocenters. The third-order valence-corrected chi connectivity index (χ3v) is 4.54. The lowest BCUT2D eigenvalue weighted by atomic mass is 9.79. The number of nitrogens with two attached hydrogens (primary N) is 1. The molecule has 2 heterocycles. The molecule has 6 nitrogen and oxygen atoms in total. The third-order valence-electron chi connectivity index (χ3n) is 4.54. The first kappa shape index (κ1) is 15.7. The molecule has 23 heavy (non-hydrogen) atoms. The zero-order valence-electron chi connectivity index (χ0n) is 12.9. The van der Waals surface area contributed by atoms with Crippen molar-refractivity contribution in [2.75, 3.05) is 25.1 Å². The smallest absolute Gasteiger partial charge is 0.225 e. The topological polar surface area (TPSA) is 97.5 Å². The summed E-state index contributed by atoms with van der Waals surface area (Å²) in [4.78, 5) is 16.5. The number of para-hydroxylation sites is 1. The number of anilines is 1. The zero-order chi connectivity index (χ0) is 16.3. The lowest BCUT2D eigenvalue weighted by Gasteiger charge is -2.34. The number of amides is 1. The normalized spacial score (nSPS) is 17.1. The Morgan fingerprint density at radius 3 is 2.78 bits per heavy atom. The number of aliphatic hydroxyl groups excluding tert-OH is 1. The van der Waals surface area contributed by atoms with Crippen LogP contribution in [-0.4, -0.2) is 35.8 Å². The van der Waals surface area contributed by atoms with Crippen LogP contribution in [0.15, 0.2) is 30.3 Å². The first-order chi connectivity index (χ1) is 11.1. The number of fused-ring (bicyclic) bond motifs is 1. The first-order valence-electron chi connectivity index (χ1n) is 7.76. The van der Waals surface area contributed by atoms with Crippen molar-refractivity contribution in [1.29, 1.82) is 0 Å². The van der Waals surface area contributed by atoms with E-state index in [4.69, 9.17) is 10.5 Å². The van der Waals surface area contributed by atoms with Crippen molar-refractivity contribution >= 4 is 22.6 Å². The van der Waals surface area contributed by atoms with Crippen molar-refractivity contribution in [2.24, 2.45) is 11.1 Å². The number of nitrogens with zero attached hydrogens (tertiary/aromatic N) is 1. The van der Waals surface area contributed by atoms with Crippen molar-refractivity contribution < 1.29 is 14.6 Å². The molecule has 0 aliphatic carbocycles. The molecule has 1 aliphatic rings. The number of benzene rings is 1. The Morgan fingerprint density at radius 1 is 1.35 bits per heavy atom. The lowest BCUT2D eigenvalue weighted by molar-refractivity contribution is -0.132. The Hall–Kier alpha value is -2.18. The fourth-order valence-electron chi connectivity index (χ4n) is 2.96. The van der Waals surface area contributed by atoms with Crippen LogP contribution >= 0.6 is 0 Å². The first-order valence-corrected chi connectivity index (χ1v) is 7.76. The quantitative estimate of drug-likeness (QED) is 0.775. The number of nitrogens with one attached hydrogen (secondary N) is 1. The van der Waals surface area contributed by atoms with Gasteiger partial charge >= 0.3 is 0 Å². The maximum atomic E-state index is 11.9. The average Bonchev–Trinajstić information content (AvgIpc) is 2.59. The summed E-state index contributed by atoms with van der Waals surface area (Å²) >= 11 is 0. The van der Waals surface area contributed by atoms with Crippen LogP contribution in [0.1, 0.15) is 18.4 Å². The molecule has 1 aliphatic heterocycles. The second-order valence-electron chi connectivity index (χ2n) is 5.96. The molecule has 1 aromatic heterocycles. The van der Waals surface area contributed by atoms with Gasteiger partial charge in [-0.05, 0) is 25.0 Å². The summed E-state index contributed by atoms with van der Waals surface area (Å²) in [5.74, 6) is 0.276. The molecule has 0 saturated carbocycles. The summed E-state index contributed by atoms with van der Waals surface area (Å²) in [6.07, 6.45) is 1.19. The van der Waals surface area contributed by atoms with E-state index in [1.165, 1.54) is 0 Å². The third kappa shape index (κ3) is 3.13. The average molecular weight is 315 g/mol. The highest BCUT2D eigenvalue weighted by atomic mass is 16.5. The number of ether oxygens (including phenoxy) is 1. The Labute approximate surface area is 134 Å². The second-order valence-corrected chi connectivity index (χ2v) is 5.96. The van der Waals surface area contributed by atoms with Gasteiger partial charge < -0.3 is 20.9 Å². The van der Waals surface area contributed by atoms with Gasteiger partial charge in [-0.2, -0.15) is 0 Å². The number of hydrogen-bond acceptors (Lipinski definition) is 5. The van der Waals surface area contributed by atoms with Crippen LogP contribution in [0.2, 0.25) is 0 Å². The molecule has 0 atom stereocenters. The Morgan fingerprint density at radius 2 is 2.09 bits per heavy atom. The summed E-state index contributed by atoms with van der Waals surface area (Å²) in [5, 5.41) is 13.8. The number of aliphatic hydroxyl groups is 1. The highest BCUT2D eigenvalue weighted by molar-refractivity contribution is 5.83. The van der Waals surface area contributed by atoms with Gasteiger partial charge in [-0.15, -0.1) is 0 Å². The van der Waals surface area contributed by atoms with Gasteiger partial charge in [0.25, 0.3) is 0 Å². The van der Waals surface area contributed by atoms with Gasteiger partial charge in [-0.1, -0.05) is 18.2 Å². The lowest BCUT2D eigenvalue weighted by Crippen LogP contribution is -2.46. The fourth-order valence-corrected chi connectivity index (χ4v) is 2.96. The van der Waals surface area contributed by atoms with E-state index in [9.17, 15) is 9.90 Å². The molecule has 1 aromatic carbocycles. The molecule has 1 fully saturated rings. The number of pyridine rings is 1. The predicted molar refractivity (Wildman–Crippen MR) is 87.8 cm³/mol. The minimum atomic E-state index is -0.627. The largest absolute Gasteiger partial charge is 0.392 e. The van der Waals surface area contributed by atoms with Crippen molar-refractivity contribution in [3.63, 3.8) is 0 Å². The molecular formula is C17H21N3O3. The number of carbonyl (C=O) groups excluding carboxylic acids is 1. The minimum absolute atomic E-state index is 0.118. The molecular weight excluding hydrogens is 294 g/mol. The Kier molecular flexibility index (Phi) is 4.45. The van der Waals surface area contributed by atoms with Gasteiger partial charge in [0.1, 0.15) is 5.82 Å². The van der Waals surface area contributed by atoms with Crippen molar-refractivity contribution in [1.82, 2.24) is 4.98 Å². The predicted octanol–water partition coefficient (Wildman–Crippen LogP) is 1.42. The molecule has 0 bridgehead atoms. The fraction of sp³-hybridized carbons (Fsp3) is 0.412. The monoisotopic (exact) mass is 315 g/mol. The highest BCUT2D eigenvalue weighted by Crippen LogP contribution is 2.31. The molecule has 4 N–H and O–H groups in total. The van der Waals surface area contributed by atoms with Gasteiger partial charge in [0.15, 0.2) is 0 Å². The summed E-state index contributed by atoms with van der Waals surface area (Å²) < 4.78 is 5.34. The van der Waals surface area contributed by atoms with Crippen LogP contribution in [0, 0.1) is 5.41 Å². The van der Waals surface area contributed by atoms with E-state index in [-0.39, 0.29) is 12.5 Å². The van der Waals surface area contributed by atoms with Crippen LogP contribution in [0.25, 0.3) is 10.9 Å². The highest BCUT2D eigenvalue weighted by Gasteiger charge is 2.38. The maximum absolute atomic E-state index is 11.9. The van der Waals surface area contributed by atoms with Gasteiger partial charge in [0.2, 0.25) is 5.91 Å². The summed E-state index contributed by atoms with van der Waals surface area (Å²) in [6.45, 7) is 1.34. The molecule has 2 aromatic rings. The van der Waals surface area contributed by atoms with E-state index in [2.05, 4.69) is 10.3 Å². The summed E-state index contributed by atoms with van der Waals surface area (Å²) in [6, 6.07) is 9.63. The van der Waals surface area contributed by atoms with E-state index >= 15 is 0 Å². The van der Waals surface area contributed by atoms with Gasteiger partial charge in [-0.3, -0.25) is 4.79 Å². The number of aromatic nitrogens is 1. The van der Waals surface area contributed by atoms with E-state index < -0.39 is 5.41 Å². The van der Waals surface area contributed by atoms with Crippen LogP contribution in [-0.2, 0) is 16.1 Å². The van der Waals surface area contributed by atoms with Crippen molar-refractivity contribution in [3.05, 3.63) is 35.9 Å². The standard InChI is InChI=1S/C17H21N3O3/c18-16(22)17(5-7-23-8-6-17)11-19-15-13(10-21)9-12-3-1-2-4-14(12)20-15/h1-4,9,21H,5-8,10-11H2,(H2,18,22)(H,19,20). The molecule has 0 spiro atoms.